The van der Waals surface area contributed by atoms with E-state index in [1.165, 1.54) is 11.8 Å². The Balaban J connectivity index is 1.46. The van der Waals surface area contributed by atoms with Crippen molar-refractivity contribution in [1.29, 1.82) is 0 Å². The summed E-state index contributed by atoms with van der Waals surface area (Å²) in [4.78, 5) is 21.6. The average Bonchev–Trinajstić information content (AvgIpc) is 3.26. The Bertz CT molecular complexity index is 802. The van der Waals surface area contributed by atoms with Crippen LogP contribution in [0.3, 0.4) is 0 Å². The lowest BCUT2D eigenvalue weighted by Gasteiger charge is -2.26. The number of aliphatic imine (C=N–C) groups is 1. The first kappa shape index (κ1) is 20.1. The molecular weight excluding hydrogens is 425 g/mol. The third-order valence-corrected chi connectivity index (χ3v) is 6.86. The monoisotopic (exact) mass is 445 g/mol. The van der Waals surface area contributed by atoms with Gasteiger partial charge in [0.1, 0.15) is 17.4 Å². The van der Waals surface area contributed by atoms with Gasteiger partial charge in [-0.15, -0.1) is 0 Å². The van der Waals surface area contributed by atoms with Crippen molar-refractivity contribution in [3.8, 4) is 5.75 Å². The zero-order chi connectivity index (χ0) is 19.7. The number of thioether (sulfide) groups is 1. The van der Waals surface area contributed by atoms with Crippen molar-refractivity contribution < 1.29 is 19.0 Å². The minimum atomic E-state index is -0.518. The van der Waals surface area contributed by atoms with Crippen LogP contribution >= 0.6 is 35.0 Å². The zero-order valence-corrected chi connectivity index (χ0v) is 17.8. The smallest absolute Gasteiger partial charge is 0.332 e. The number of rotatable bonds is 6. The maximum atomic E-state index is 12.0. The van der Waals surface area contributed by atoms with Gasteiger partial charge in [0.05, 0.1) is 42.0 Å². The van der Waals surface area contributed by atoms with E-state index in [4.69, 9.17) is 37.4 Å². The molecule has 3 heterocycles. The normalized spacial score (nSPS) is 21.3. The molecule has 10 heteroatoms. The highest BCUT2D eigenvalue weighted by Crippen LogP contribution is 2.52. The van der Waals surface area contributed by atoms with Crippen molar-refractivity contribution in [2.45, 2.75) is 17.9 Å². The molecule has 1 unspecified atom stereocenters. The molecule has 1 saturated heterocycles. The van der Waals surface area contributed by atoms with Crippen LogP contribution in [0, 0.1) is 0 Å². The van der Waals surface area contributed by atoms with Crippen molar-refractivity contribution in [3.63, 3.8) is 0 Å². The number of fused-ring (bicyclic) bond motifs is 3. The number of anilines is 1. The van der Waals surface area contributed by atoms with Gasteiger partial charge in [0.2, 0.25) is 0 Å². The molecule has 4 rings (SSSR count). The molecule has 0 amide bonds. The van der Waals surface area contributed by atoms with Gasteiger partial charge in [-0.3, -0.25) is 4.90 Å². The molecule has 7 nitrogen and oxygen atoms in total. The number of halogens is 2. The summed E-state index contributed by atoms with van der Waals surface area (Å²) in [6.07, 6.45) is 0. The lowest BCUT2D eigenvalue weighted by molar-refractivity contribution is -0.144. The van der Waals surface area contributed by atoms with Crippen LogP contribution < -0.4 is 9.64 Å². The molecule has 0 N–H and O–H groups in total. The van der Waals surface area contributed by atoms with E-state index in [0.717, 1.165) is 48.6 Å². The second-order valence-electron chi connectivity index (χ2n) is 6.55. The highest BCUT2D eigenvalue weighted by molar-refractivity contribution is 8.15. The third kappa shape index (κ3) is 3.93. The largest absolute Gasteiger partial charge is 0.491 e. The van der Waals surface area contributed by atoms with Gasteiger partial charge >= 0.3 is 5.97 Å². The molecule has 0 spiro atoms. The molecule has 1 atom stereocenters. The van der Waals surface area contributed by atoms with E-state index in [9.17, 15) is 4.79 Å². The van der Waals surface area contributed by atoms with Crippen LogP contribution in [-0.2, 0) is 14.3 Å². The number of morpholine rings is 1. The van der Waals surface area contributed by atoms with Gasteiger partial charge < -0.3 is 19.1 Å². The molecule has 1 aromatic carbocycles. The number of amidine groups is 1. The van der Waals surface area contributed by atoms with Crippen molar-refractivity contribution in [3.05, 3.63) is 16.1 Å². The van der Waals surface area contributed by atoms with Crippen molar-refractivity contribution in [2.75, 3.05) is 57.5 Å². The number of ether oxygens (including phenoxy) is 3. The molecular formula is C18H21Cl2N3O4S. The molecule has 3 aliphatic heterocycles. The molecule has 1 aromatic rings. The molecule has 0 saturated carbocycles. The number of nitrogens with zero attached hydrogens (tertiary/aromatic N) is 3. The SMILES string of the molecule is CCOC(=O)C1CN2C(=N1)Sc1c2cc(OCCN2CCOCC2)c(Cl)c1Cl. The number of hydrogen-bond donors (Lipinski definition) is 0. The first-order valence-electron chi connectivity index (χ1n) is 9.23. The average molecular weight is 446 g/mol. The predicted octanol–water partition coefficient (Wildman–Crippen LogP) is 2.92. The van der Waals surface area contributed by atoms with Crippen LogP contribution in [0.1, 0.15) is 6.92 Å². The standard InChI is InChI=1S/C18H21Cl2N3O4S/c1-2-26-17(24)11-10-23-12-9-13(27-8-5-22-3-6-25-7-4-22)14(19)15(20)16(12)28-18(23)21-11/h9,11H,2-8,10H2,1H3. The lowest BCUT2D eigenvalue weighted by atomic mass is 10.2. The van der Waals surface area contributed by atoms with Crippen LogP contribution in [0.2, 0.25) is 10.0 Å². The van der Waals surface area contributed by atoms with Crippen molar-refractivity contribution in [2.24, 2.45) is 4.99 Å². The second-order valence-corrected chi connectivity index (χ2v) is 8.28. The Labute approximate surface area is 177 Å². The number of carbonyl (C=O) groups excluding carboxylic acids is 1. The van der Waals surface area contributed by atoms with Gasteiger partial charge in [0.15, 0.2) is 11.2 Å². The highest BCUT2D eigenvalue weighted by atomic mass is 35.5. The molecule has 0 bridgehead atoms. The van der Waals surface area contributed by atoms with Gasteiger partial charge in [0.25, 0.3) is 0 Å². The van der Waals surface area contributed by atoms with Gasteiger partial charge in [-0.25, -0.2) is 9.79 Å². The van der Waals surface area contributed by atoms with Gasteiger partial charge in [-0.05, 0) is 18.7 Å². The van der Waals surface area contributed by atoms with E-state index in [-0.39, 0.29) is 5.97 Å². The van der Waals surface area contributed by atoms with Crippen LogP contribution in [0.25, 0.3) is 0 Å². The van der Waals surface area contributed by atoms with Crippen molar-refractivity contribution in [1.82, 2.24) is 4.90 Å². The van der Waals surface area contributed by atoms with Gasteiger partial charge in [0, 0.05) is 25.7 Å². The molecule has 152 valence electrons. The fraction of sp³-hybridized carbons (Fsp3) is 0.556. The fourth-order valence-electron chi connectivity index (χ4n) is 3.32. The molecule has 0 aromatic heterocycles. The quantitative estimate of drug-likeness (QED) is 0.623. The zero-order valence-electron chi connectivity index (χ0n) is 15.5. The Morgan fingerprint density at radius 1 is 1.36 bits per heavy atom. The minimum Gasteiger partial charge on any atom is -0.491 e. The Morgan fingerprint density at radius 2 is 2.14 bits per heavy atom. The number of esters is 1. The second kappa shape index (κ2) is 8.67. The number of benzene rings is 1. The maximum Gasteiger partial charge on any atom is 0.332 e. The summed E-state index contributed by atoms with van der Waals surface area (Å²) in [5, 5.41) is 1.59. The molecule has 0 aliphatic carbocycles. The fourth-order valence-corrected chi connectivity index (χ4v) is 5.00. The first-order valence-corrected chi connectivity index (χ1v) is 10.8. The summed E-state index contributed by atoms with van der Waals surface area (Å²) in [5.41, 5.74) is 0.867. The summed E-state index contributed by atoms with van der Waals surface area (Å²) in [5.74, 6) is 0.230. The van der Waals surface area contributed by atoms with Gasteiger partial charge in [-0.2, -0.15) is 0 Å². The van der Waals surface area contributed by atoms with E-state index >= 15 is 0 Å². The highest BCUT2D eigenvalue weighted by Gasteiger charge is 2.40. The van der Waals surface area contributed by atoms with E-state index in [1.807, 2.05) is 11.0 Å². The molecule has 28 heavy (non-hydrogen) atoms. The first-order chi connectivity index (χ1) is 13.6. The van der Waals surface area contributed by atoms with E-state index in [1.54, 1.807) is 6.92 Å². The lowest BCUT2D eigenvalue weighted by Crippen LogP contribution is -2.38. The van der Waals surface area contributed by atoms with E-state index in [2.05, 4.69) is 9.89 Å². The Kier molecular flexibility index (Phi) is 6.22. The third-order valence-electron chi connectivity index (χ3n) is 4.77. The van der Waals surface area contributed by atoms with E-state index in [0.29, 0.717) is 35.6 Å². The van der Waals surface area contributed by atoms with Crippen LogP contribution in [-0.4, -0.2) is 74.7 Å². The summed E-state index contributed by atoms with van der Waals surface area (Å²) in [6, 6.07) is 1.36. The summed E-state index contributed by atoms with van der Waals surface area (Å²) in [7, 11) is 0. The summed E-state index contributed by atoms with van der Waals surface area (Å²) >= 11 is 14.4. The Morgan fingerprint density at radius 3 is 2.89 bits per heavy atom. The molecule has 3 aliphatic rings. The van der Waals surface area contributed by atoms with Crippen molar-refractivity contribution >= 4 is 51.8 Å². The van der Waals surface area contributed by atoms with Gasteiger partial charge in [-0.1, -0.05) is 23.2 Å². The number of hydrogen-bond acceptors (Lipinski definition) is 8. The maximum absolute atomic E-state index is 12.0. The minimum absolute atomic E-state index is 0.311. The van der Waals surface area contributed by atoms with Crippen LogP contribution in [0.5, 0.6) is 5.75 Å². The predicted molar refractivity (Wildman–Crippen MR) is 110 cm³/mol. The summed E-state index contributed by atoms with van der Waals surface area (Å²) < 4.78 is 16.4. The topological polar surface area (TPSA) is 63.6 Å². The Hall–Kier alpha value is -1.19. The number of carbonyl (C=O) groups is 1. The molecule has 1 fully saturated rings. The summed E-state index contributed by atoms with van der Waals surface area (Å²) in [6.45, 7) is 7.17. The van der Waals surface area contributed by atoms with Crippen LogP contribution in [0.4, 0.5) is 5.69 Å². The van der Waals surface area contributed by atoms with E-state index < -0.39 is 6.04 Å². The van der Waals surface area contributed by atoms with Crippen LogP contribution in [0.15, 0.2) is 16.0 Å². The molecule has 0 radical (unpaired) electrons.